The summed E-state index contributed by atoms with van der Waals surface area (Å²) >= 11 is 0. The maximum atomic E-state index is 12.7. The molecule has 0 spiro atoms. The smallest absolute Gasteiger partial charge is 0.237 e. The molecule has 24 heavy (non-hydrogen) atoms. The van der Waals surface area contributed by atoms with Gasteiger partial charge in [0, 0.05) is 31.1 Å². The van der Waals surface area contributed by atoms with Gasteiger partial charge in [-0.3, -0.25) is 9.69 Å². The lowest BCUT2D eigenvalue weighted by molar-refractivity contribution is -0.128. The number of hydrogen-bond donors (Lipinski definition) is 3. The highest BCUT2D eigenvalue weighted by Crippen LogP contribution is 2.31. The summed E-state index contributed by atoms with van der Waals surface area (Å²) in [7, 11) is 0. The first kappa shape index (κ1) is 17.2. The Hall–Kier alpha value is -1.63. The van der Waals surface area contributed by atoms with Crippen LogP contribution < -0.4 is 10.1 Å². The Kier molecular flexibility index (Phi) is 5.38. The molecule has 0 saturated carbocycles. The van der Waals surface area contributed by atoms with E-state index < -0.39 is 6.10 Å². The number of β-amino-alcohol motifs (C(OH)–C–C–N with tert-alkyl or cyclic N) is 1. The van der Waals surface area contributed by atoms with Gasteiger partial charge in [0.2, 0.25) is 5.91 Å². The van der Waals surface area contributed by atoms with Crippen LogP contribution in [-0.2, 0) is 4.79 Å². The molecule has 1 fully saturated rings. The maximum absolute atomic E-state index is 12.7. The van der Waals surface area contributed by atoms with Crippen LogP contribution in [0.3, 0.4) is 0 Å². The van der Waals surface area contributed by atoms with Crippen molar-refractivity contribution in [3.8, 4) is 5.75 Å². The van der Waals surface area contributed by atoms with E-state index in [0.29, 0.717) is 26.1 Å². The van der Waals surface area contributed by atoms with Crippen LogP contribution in [0.1, 0.15) is 31.4 Å². The standard InChI is InChI=1S/C18H26N2O4/c1-12(20-8-6-13(11-21)16(22)10-20)18(23)19-15-7-9-24-17-5-3-2-4-14(15)17/h2-5,12-13,15-16,21-22H,6-11H2,1H3,(H,19,23)/t12-,13+,15-,16-/m1/s1. The number of piperidine rings is 1. The van der Waals surface area contributed by atoms with E-state index in [1.807, 2.05) is 36.1 Å². The molecule has 1 saturated heterocycles. The summed E-state index contributed by atoms with van der Waals surface area (Å²) in [5.41, 5.74) is 1.02. The summed E-state index contributed by atoms with van der Waals surface area (Å²) in [5.74, 6) is 0.714. The fourth-order valence-corrected chi connectivity index (χ4v) is 3.52. The topological polar surface area (TPSA) is 82.0 Å². The number of benzene rings is 1. The highest BCUT2D eigenvalue weighted by molar-refractivity contribution is 5.82. The first-order valence-corrected chi connectivity index (χ1v) is 8.65. The Morgan fingerprint density at radius 2 is 2.21 bits per heavy atom. The summed E-state index contributed by atoms with van der Waals surface area (Å²) in [6.07, 6.45) is 0.878. The Labute approximate surface area is 142 Å². The van der Waals surface area contributed by atoms with Gasteiger partial charge in [0.1, 0.15) is 5.75 Å². The molecule has 2 aliphatic rings. The van der Waals surface area contributed by atoms with Crippen molar-refractivity contribution in [2.24, 2.45) is 5.92 Å². The third kappa shape index (κ3) is 3.55. The fraction of sp³-hybridized carbons (Fsp3) is 0.611. The van der Waals surface area contributed by atoms with Crippen LogP contribution in [0, 0.1) is 5.92 Å². The molecule has 0 aromatic heterocycles. The Morgan fingerprint density at radius 3 is 2.96 bits per heavy atom. The van der Waals surface area contributed by atoms with Gasteiger partial charge in [-0.05, 0) is 26.0 Å². The molecule has 6 heteroatoms. The molecule has 0 unspecified atom stereocenters. The van der Waals surface area contributed by atoms with E-state index in [9.17, 15) is 15.0 Å². The third-order valence-electron chi connectivity index (χ3n) is 5.19. The van der Waals surface area contributed by atoms with Crippen LogP contribution in [0.4, 0.5) is 0 Å². The van der Waals surface area contributed by atoms with Crippen molar-refractivity contribution in [1.82, 2.24) is 10.2 Å². The quantitative estimate of drug-likeness (QED) is 0.755. The fourth-order valence-electron chi connectivity index (χ4n) is 3.52. The molecule has 1 aromatic rings. The highest BCUT2D eigenvalue weighted by atomic mass is 16.5. The summed E-state index contributed by atoms with van der Waals surface area (Å²) in [4.78, 5) is 14.6. The van der Waals surface area contributed by atoms with Gasteiger partial charge in [0.25, 0.3) is 0 Å². The monoisotopic (exact) mass is 334 g/mol. The molecule has 2 aliphatic heterocycles. The number of nitrogens with zero attached hydrogens (tertiary/aromatic N) is 1. The van der Waals surface area contributed by atoms with E-state index in [0.717, 1.165) is 17.7 Å². The Morgan fingerprint density at radius 1 is 1.42 bits per heavy atom. The lowest BCUT2D eigenvalue weighted by Gasteiger charge is -2.38. The second kappa shape index (κ2) is 7.51. The zero-order valence-corrected chi connectivity index (χ0v) is 14.0. The molecular formula is C18H26N2O4. The second-order valence-corrected chi connectivity index (χ2v) is 6.71. The molecule has 132 valence electrons. The van der Waals surface area contributed by atoms with Gasteiger partial charge in [0.15, 0.2) is 0 Å². The minimum atomic E-state index is -0.581. The number of likely N-dealkylation sites (tertiary alicyclic amines) is 1. The molecule has 3 rings (SSSR count). The molecule has 0 aliphatic carbocycles. The van der Waals surface area contributed by atoms with Crippen molar-refractivity contribution in [1.29, 1.82) is 0 Å². The summed E-state index contributed by atoms with van der Waals surface area (Å²) in [6, 6.07) is 7.44. The van der Waals surface area contributed by atoms with E-state index in [4.69, 9.17) is 4.74 Å². The van der Waals surface area contributed by atoms with Crippen molar-refractivity contribution >= 4 is 5.91 Å². The molecule has 1 aromatic carbocycles. The van der Waals surface area contributed by atoms with Gasteiger partial charge in [-0.1, -0.05) is 18.2 Å². The number of carbonyl (C=O) groups excluding carboxylic acids is 1. The van der Waals surface area contributed by atoms with Crippen molar-refractivity contribution in [3.63, 3.8) is 0 Å². The lowest BCUT2D eigenvalue weighted by atomic mass is 9.93. The van der Waals surface area contributed by atoms with Gasteiger partial charge in [-0.2, -0.15) is 0 Å². The third-order valence-corrected chi connectivity index (χ3v) is 5.19. The van der Waals surface area contributed by atoms with Gasteiger partial charge >= 0.3 is 0 Å². The molecule has 0 radical (unpaired) electrons. The van der Waals surface area contributed by atoms with E-state index in [1.54, 1.807) is 0 Å². The number of amides is 1. The first-order valence-electron chi connectivity index (χ1n) is 8.65. The minimum Gasteiger partial charge on any atom is -0.493 e. The first-order chi connectivity index (χ1) is 11.6. The Balaban J connectivity index is 1.61. The number of para-hydroxylation sites is 1. The molecule has 0 bridgehead atoms. The predicted octanol–water partition coefficient (Wildman–Crippen LogP) is 0.690. The lowest BCUT2D eigenvalue weighted by Crippen LogP contribution is -2.53. The van der Waals surface area contributed by atoms with Crippen LogP contribution in [0.2, 0.25) is 0 Å². The van der Waals surface area contributed by atoms with Crippen LogP contribution in [0.25, 0.3) is 0 Å². The molecule has 6 nitrogen and oxygen atoms in total. The largest absolute Gasteiger partial charge is 0.493 e. The number of nitrogens with one attached hydrogen (secondary N) is 1. The van der Waals surface area contributed by atoms with Crippen LogP contribution in [-0.4, -0.2) is 59.5 Å². The number of aliphatic hydroxyl groups is 2. The SMILES string of the molecule is C[C@H](C(=O)N[C@@H]1CCOc2ccccc21)N1CC[C@@H](CO)[C@H](O)C1. The normalized spacial score (nSPS) is 28.5. The number of aliphatic hydroxyl groups excluding tert-OH is 2. The average molecular weight is 334 g/mol. The predicted molar refractivity (Wildman–Crippen MR) is 89.7 cm³/mol. The molecule has 1 amide bonds. The van der Waals surface area contributed by atoms with E-state index in [2.05, 4.69) is 5.32 Å². The Bertz CT molecular complexity index is 580. The van der Waals surface area contributed by atoms with Gasteiger partial charge < -0.3 is 20.3 Å². The maximum Gasteiger partial charge on any atom is 0.237 e. The van der Waals surface area contributed by atoms with Gasteiger partial charge in [-0.15, -0.1) is 0 Å². The number of rotatable bonds is 4. The van der Waals surface area contributed by atoms with Gasteiger partial charge in [0.05, 0.1) is 24.8 Å². The van der Waals surface area contributed by atoms with Crippen molar-refractivity contribution in [2.75, 3.05) is 26.3 Å². The van der Waals surface area contributed by atoms with Gasteiger partial charge in [-0.25, -0.2) is 0 Å². The number of hydrogen-bond acceptors (Lipinski definition) is 5. The van der Waals surface area contributed by atoms with Crippen molar-refractivity contribution < 1.29 is 19.7 Å². The summed E-state index contributed by atoms with van der Waals surface area (Å²) < 4.78 is 5.63. The average Bonchev–Trinajstić information content (AvgIpc) is 2.61. The van der Waals surface area contributed by atoms with E-state index >= 15 is 0 Å². The summed E-state index contributed by atoms with van der Waals surface area (Å²) in [5, 5.41) is 22.4. The molecular weight excluding hydrogens is 308 g/mol. The number of ether oxygens (including phenoxy) is 1. The summed E-state index contributed by atoms with van der Waals surface area (Å²) in [6.45, 7) is 3.59. The molecule has 4 atom stereocenters. The van der Waals surface area contributed by atoms with Crippen LogP contribution in [0.15, 0.2) is 24.3 Å². The number of carbonyl (C=O) groups is 1. The zero-order chi connectivity index (χ0) is 17.1. The highest BCUT2D eigenvalue weighted by Gasteiger charge is 2.33. The zero-order valence-electron chi connectivity index (χ0n) is 14.0. The van der Waals surface area contributed by atoms with Crippen molar-refractivity contribution in [3.05, 3.63) is 29.8 Å². The van der Waals surface area contributed by atoms with E-state index in [1.165, 1.54) is 0 Å². The number of fused-ring (bicyclic) bond motifs is 1. The minimum absolute atomic E-state index is 0.00551. The van der Waals surface area contributed by atoms with Crippen LogP contribution in [0.5, 0.6) is 5.75 Å². The second-order valence-electron chi connectivity index (χ2n) is 6.71. The molecule has 2 heterocycles. The van der Waals surface area contributed by atoms with Crippen LogP contribution >= 0.6 is 0 Å². The molecule has 3 N–H and O–H groups in total. The van der Waals surface area contributed by atoms with E-state index in [-0.39, 0.29) is 30.5 Å². The van der Waals surface area contributed by atoms with Crippen molar-refractivity contribution in [2.45, 2.75) is 38.0 Å².